The first-order valence-corrected chi connectivity index (χ1v) is 12.0. The zero-order chi connectivity index (χ0) is 22.5. The molecule has 3 fully saturated rings. The molecule has 0 aromatic heterocycles. The molecule has 1 heterocycles. The van der Waals surface area contributed by atoms with E-state index >= 15 is 0 Å². The minimum atomic E-state index is -3.70. The second-order valence-corrected chi connectivity index (χ2v) is 12.0. The van der Waals surface area contributed by atoms with Gasteiger partial charge < -0.3 is 4.74 Å². The van der Waals surface area contributed by atoms with Crippen molar-refractivity contribution >= 4 is 27.8 Å². The lowest BCUT2D eigenvalue weighted by atomic mass is 9.91. The average Bonchev–Trinajstić information content (AvgIpc) is 3.50. The Morgan fingerprint density at radius 2 is 1.90 bits per heavy atom. The number of hydrogen-bond acceptors (Lipinski definition) is 6. The van der Waals surface area contributed by atoms with Gasteiger partial charge in [-0.3, -0.25) is 19.2 Å². The van der Waals surface area contributed by atoms with Crippen LogP contribution in [0.15, 0.2) is 12.7 Å². The largest absolute Gasteiger partial charge is 0.444 e. The van der Waals surface area contributed by atoms with E-state index in [-0.39, 0.29) is 24.0 Å². The summed E-state index contributed by atoms with van der Waals surface area (Å²) in [6, 6.07) is -0.675. The van der Waals surface area contributed by atoms with Gasteiger partial charge in [-0.15, -0.1) is 6.58 Å². The average molecular weight is 441 g/mol. The Hall–Kier alpha value is -1.90. The number of amides is 2. The molecular weight excluding hydrogens is 408 g/mol. The molecule has 0 spiro atoms. The van der Waals surface area contributed by atoms with E-state index in [1.807, 2.05) is 6.92 Å². The molecule has 0 radical (unpaired) electrons. The molecule has 30 heavy (non-hydrogen) atoms. The molecule has 2 saturated carbocycles. The van der Waals surface area contributed by atoms with Crippen LogP contribution in [0.3, 0.4) is 0 Å². The number of carbonyl (C=O) groups is 3. The van der Waals surface area contributed by atoms with Crippen molar-refractivity contribution in [1.82, 2.24) is 9.62 Å². The number of nitrogens with one attached hydrogen (secondary N) is 1. The van der Waals surface area contributed by atoms with Gasteiger partial charge in [0.05, 0.1) is 16.7 Å². The molecule has 0 aromatic rings. The summed E-state index contributed by atoms with van der Waals surface area (Å²) >= 11 is 0. The second kappa shape index (κ2) is 7.66. The Labute approximate surface area is 178 Å². The molecule has 4 atom stereocenters. The number of hydrogen-bond donors (Lipinski definition) is 1. The molecular formula is C21H32N2O6S. The summed E-state index contributed by atoms with van der Waals surface area (Å²) in [5.74, 6) is -1.01. The van der Waals surface area contributed by atoms with Crippen molar-refractivity contribution in [2.24, 2.45) is 17.3 Å². The smallest absolute Gasteiger partial charge is 0.410 e. The molecule has 2 aliphatic carbocycles. The highest BCUT2D eigenvalue weighted by atomic mass is 32.2. The molecule has 0 bridgehead atoms. The number of rotatable bonds is 7. The van der Waals surface area contributed by atoms with Crippen molar-refractivity contribution < 1.29 is 27.5 Å². The van der Waals surface area contributed by atoms with Gasteiger partial charge in [0.2, 0.25) is 15.9 Å². The zero-order valence-corrected chi connectivity index (χ0v) is 19.0. The Morgan fingerprint density at radius 3 is 2.40 bits per heavy atom. The highest BCUT2D eigenvalue weighted by molar-refractivity contribution is 7.90. The summed E-state index contributed by atoms with van der Waals surface area (Å²) < 4.78 is 32.1. The Morgan fingerprint density at radius 1 is 1.27 bits per heavy atom. The number of sulfonamides is 1. The first-order chi connectivity index (χ1) is 13.8. The molecule has 1 aliphatic heterocycles. The first-order valence-electron chi connectivity index (χ1n) is 10.5. The molecule has 3 rings (SSSR count). The molecule has 9 heteroatoms. The lowest BCUT2D eigenvalue weighted by Crippen LogP contribution is -2.46. The predicted octanol–water partition coefficient (Wildman–Crippen LogP) is 2.39. The van der Waals surface area contributed by atoms with E-state index in [0.29, 0.717) is 32.2 Å². The van der Waals surface area contributed by atoms with E-state index < -0.39 is 44.3 Å². The van der Waals surface area contributed by atoms with Gasteiger partial charge in [-0.2, -0.15) is 0 Å². The van der Waals surface area contributed by atoms with Crippen LogP contribution in [0.4, 0.5) is 4.79 Å². The predicted molar refractivity (Wildman–Crippen MR) is 111 cm³/mol. The van der Waals surface area contributed by atoms with Crippen LogP contribution in [0.1, 0.15) is 59.8 Å². The third-order valence-corrected chi connectivity index (χ3v) is 7.89. The summed E-state index contributed by atoms with van der Waals surface area (Å²) in [6.07, 6.45) is 2.90. The van der Waals surface area contributed by atoms with Crippen LogP contribution < -0.4 is 4.72 Å². The fraction of sp³-hybridized carbons (Fsp3) is 0.762. The number of ketones is 1. The first kappa shape index (κ1) is 22.8. The van der Waals surface area contributed by atoms with Gasteiger partial charge in [0, 0.05) is 13.0 Å². The van der Waals surface area contributed by atoms with Crippen LogP contribution in [0, 0.1) is 17.3 Å². The quantitative estimate of drug-likeness (QED) is 0.609. The standard InChI is InChI=1S/C21H32N2O6S/c1-6-14-10-21(14,18(25)22-30(27,28)15-7-8-15)11-17(24)16-9-13(2)12-23(16)19(26)29-20(3,4)5/h6,13-16H,1,7-12H2,2-5H3,(H,22,25)/t13-,14?,16+,21?/m1/s1. The molecule has 8 nitrogen and oxygen atoms in total. The minimum absolute atomic E-state index is 0.119. The third kappa shape index (κ3) is 4.71. The highest BCUT2D eigenvalue weighted by Gasteiger charge is 2.61. The molecule has 0 aromatic carbocycles. The lowest BCUT2D eigenvalue weighted by Gasteiger charge is -2.28. The van der Waals surface area contributed by atoms with Gasteiger partial charge >= 0.3 is 6.09 Å². The Kier molecular flexibility index (Phi) is 5.81. The van der Waals surface area contributed by atoms with Crippen LogP contribution >= 0.6 is 0 Å². The number of Topliss-reactive ketones (excluding diaryl/α,β-unsaturated/α-hetero) is 1. The van der Waals surface area contributed by atoms with Crippen molar-refractivity contribution in [1.29, 1.82) is 0 Å². The normalized spacial score (nSPS) is 31.2. The Balaban J connectivity index is 1.73. The minimum Gasteiger partial charge on any atom is -0.444 e. The molecule has 3 aliphatic rings. The molecule has 2 amide bonds. The monoisotopic (exact) mass is 440 g/mol. The van der Waals surface area contributed by atoms with Crippen LogP contribution in [-0.4, -0.2) is 54.5 Å². The van der Waals surface area contributed by atoms with E-state index in [1.54, 1.807) is 26.8 Å². The maximum atomic E-state index is 13.2. The third-order valence-electron chi connectivity index (χ3n) is 6.07. The van der Waals surface area contributed by atoms with Crippen molar-refractivity contribution in [3.8, 4) is 0 Å². The molecule has 168 valence electrons. The van der Waals surface area contributed by atoms with Crippen LogP contribution in [0.25, 0.3) is 0 Å². The van der Waals surface area contributed by atoms with Gasteiger partial charge in [0.15, 0.2) is 5.78 Å². The topological polar surface area (TPSA) is 110 Å². The summed E-state index contributed by atoms with van der Waals surface area (Å²) in [5.41, 5.74) is -1.79. The van der Waals surface area contributed by atoms with E-state index in [0.717, 1.165) is 0 Å². The van der Waals surface area contributed by atoms with E-state index in [2.05, 4.69) is 11.3 Å². The zero-order valence-electron chi connectivity index (χ0n) is 18.1. The second-order valence-electron chi connectivity index (χ2n) is 10.0. The van der Waals surface area contributed by atoms with Gasteiger partial charge in [-0.1, -0.05) is 13.0 Å². The Bertz CT molecular complexity index is 857. The maximum Gasteiger partial charge on any atom is 0.410 e. The van der Waals surface area contributed by atoms with Crippen molar-refractivity contribution in [2.75, 3.05) is 6.54 Å². The van der Waals surface area contributed by atoms with Crippen molar-refractivity contribution in [3.63, 3.8) is 0 Å². The van der Waals surface area contributed by atoms with E-state index in [1.165, 1.54) is 4.90 Å². The number of allylic oxidation sites excluding steroid dienone is 1. The van der Waals surface area contributed by atoms with E-state index in [9.17, 15) is 22.8 Å². The fourth-order valence-corrected chi connectivity index (χ4v) is 5.57. The fourth-order valence-electron chi connectivity index (χ4n) is 4.18. The van der Waals surface area contributed by atoms with Gasteiger partial charge in [-0.25, -0.2) is 13.2 Å². The van der Waals surface area contributed by atoms with Crippen LogP contribution in [-0.2, 0) is 24.3 Å². The van der Waals surface area contributed by atoms with Crippen LogP contribution in [0.5, 0.6) is 0 Å². The summed E-state index contributed by atoms with van der Waals surface area (Å²) in [7, 11) is -3.70. The lowest BCUT2D eigenvalue weighted by molar-refractivity contribution is -0.131. The molecule has 2 unspecified atom stereocenters. The van der Waals surface area contributed by atoms with Gasteiger partial charge in [0.1, 0.15) is 5.60 Å². The number of likely N-dealkylation sites (tertiary alicyclic amines) is 1. The van der Waals surface area contributed by atoms with Gasteiger partial charge in [0.25, 0.3) is 0 Å². The highest BCUT2D eigenvalue weighted by Crippen LogP contribution is 2.57. The number of nitrogens with zero attached hydrogens (tertiary/aromatic N) is 1. The molecule has 1 N–H and O–H groups in total. The van der Waals surface area contributed by atoms with Crippen molar-refractivity contribution in [2.45, 2.75) is 76.7 Å². The SMILES string of the molecule is C=CC1CC1(CC(=O)[C@@H]1C[C@@H](C)CN1C(=O)OC(C)(C)C)C(=O)NS(=O)(=O)C1CC1. The number of ether oxygens (including phenoxy) is 1. The summed E-state index contributed by atoms with van der Waals surface area (Å²) in [5, 5.41) is -0.520. The number of carbonyl (C=O) groups excluding carboxylic acids is 3. The summed E-state index contributed by atoms with van der Waals surface area (Å²) in [6.45, 7) is 11.4. The van der Waals surface area contributed by atoms with Crippen LogP contribution in [0.2, 0.25) is 0 Å². The maximum absolute atomic E-state index is 13.2. The van der Waals surface area contributed by atoms with E-state index in [4.69, 9.17) is 4.74 Å². The molecule has 1 saturated heterocycles. The summed E-state index contributed by atoms with van der Waals surface area (Å²) in [4.78, 5) is 40.1. The van der Waals surface area contributed by atoms with Gasteiger partial charge in [-0.05, 0) is 58.3 Å². The van der Waals surface area contributed by atoms with Crippen molar-refractivity contribution in [3.05, 3.63) is 12.7 Å².